The average Bonchev–Trinajstić information content (AvgIpc) is 2.34. The van der Waals surface area contributed by atoms with E-state index in [0.29, 0.717) is 0 Å². The van der Waals surface area contributed by atoms with E-state index in [4.69, 9.17) is 4.74 Å². The molecule has 0 atom stereocenters. The molecule has 0 aromatic carbocycles. The highest BCUT2D eigenvalue weighted by Crippen LogP contribution is 2.26. The van der Waals surface area contributed by atoms with E-state index in [1.54, 1.807) is 0 Å². The molecule has 1 N–H and O–H groups in total. The van der Waals surface area contributed by atoms with Gasteiger partial charge in [-0.3, -0.25) is 0 Å². The number of nitrogens with zero attached hydrogens (tertiary/aromatic N) is 1. The van der Waals surface area contributed by atoms with Crippen molar-refractivity contribution in [1.29, 1.82) is 0 Å². The molecule has 1 fully saturated rings. The summed E-state index contributed by atoms with van der Waals surface area (Å²) >= 11 is 0. The zero-order valence-corrected chi connectivity index (χ0v) is 12.4. The molecule has 0 saturated heterocycles. The van der Waals surface area contributed by atoms with Crippen LogP contribution in [0.3, 0.4) is 0 Å². The van der Waals surface area contributed by atoms with Crippen LogP contribution in [0.1, 0.15) is 46.0 Å². The summed E-state index contributed by atoms with van der Waals surface area (Å²) in [5.74, 6) is 0.988. The van der Waals surface area contributed by atoms with Gasteiger partial charge in [-0.1, -0.05) is 26.7 Å². The third-order valence-electron chi connectivity index (χ3n) is 3.86. The summed E-state index contributed by atoms with van der Waals surface area (Å²) in [6.07, 6.45) is 6.77. The molecule has 0 amide bonds. The summed E-state index contributed by atoms with van der Waals surface area (Å²) in [5, 5.41) is 3.47. The monoisotopic (exact) mass is 256 g/mol. The first kappa shape index (κ1) is 15.9. The minimum Gasteiger partial charge on any atom is -0.380 e. The topological polar surface area (TPSA) is 24.5 Å². The van der Waals surface area contributed by atoms with Gasteiger partial charge in [0.25, 0.3) is 0 Å². The minimum atomic E-state index is 0.856. The lowest BCUT2D eigenvalue weighted by atomic mass is 9.85. The summed E-state index contributed by atoms with van der Waals surface area (Å²) in [4.78, 5) is 2.58. The van der Waals surface area contributed by atoms with E-state index in [2.05, 4.69) is 24.1 Å². The lowest BCUT2D eigenvalue weighted by molar-refractivity contribution is 0.131. The molecule has 0 aromatic rings. The van der Waals surface area contributed by atoms with Crippen LogP contribution in [0.15, 0.2) is 0 Å². The van der Waals surface area contributed by atoms with Gasteiger partial charge in [0, 0.05) is 32.8 Å². The van der Waals surface area contributed by atoms with Crippen LogP contribution in [-0.4, -0.2) is 50.8 Å². The van der Waals surface area contributed by atoms with Crippen LogP contribution in [0.4, 0.5) is 0 Å². The molecular formula is C15H32N2O. The molecule has 3 heteroatoms. The fraction of sp³-hybridized carbons (Fsp3) is 1.00. The quantitative estimate of drug-likeness (QED) is 0.543. The van der Waals surface area contributed by atoms with Gasteiger partial charge in [-0.05, 0) is 31.7 Å². The number of hydrogen-bond donors (Lipinski definition) is 1. The van der Waals surface area contributed by atoms with Gasteiger partial charge in [-0.25, -0.2) is 0 Å². The van der Waals surface area contributed by atoms with E-state index in [9.17, 15) is 0 Å². The maximum atomic E-state index is 5.52. The second-order valence-corrected chi connectivity index (χ2v) is 5.41. The standard InChI is InChI=1S/C15H32N2O/c1-3-5-12-18-13-10-16-9-11-17(4-2)14-15-7-6-8-15/h15-16H,3-14H2,1-2H3. The molecule has 1 aliphatic rings. The zero-order chi connectivity index (χ0) is 13.1. The van der Waals surface area contributed by atoms with Crippen LogP contribution < -0.4 is 5.32 Å². The minimum absolute atomic E-state index is 0.856. The van der Waals surface area contributed by atoms with Crippen molar-refractivity contribution in [2.24, 2.45) is 5.92 Å². The molecule has 0 heterocycles. The summed E-state index contributed by atoms with van der Waals surface area (Å²) in [7, 11) is 0. The second-order valence-electron chi connectivity index (χ2n) is 5.41. The summed E-state index contributed by atoms with van der Waals surface area (Å²) in [6, 6.07) is 0. The average molecular weight is 256 g/mol. The summed E-state index contributed by atoms with van der Waals surface area (Å²) in [6.45, 7) is 12.0. The highest BCUT2D eigenvalue weighted by Gasteiger charge is 2.19. The van der Waals surface area contributed by atoms with E-state index in [1.165, 1.54) is 51.7 Å². The Kier molecular flexibility index (Phi) is 9.54. The van der Waals surface area contributed by atoms with Crippen LogP contribution in [0.2, 0.25) is 0 Å². The molecule has 3 nitrogen and oxygen atoms in total. The lowest BCUT2D eigenvalue weighted by Crippen LogP contribution is -2.37. The van der Waals surface area contributed by atoms with E-state index < -0.39 is 0 Å². The van der Waals surface area contributed by atoms with Crippen molar-refractivity contribution in [1.82, 2.24) is 10.2 Å². The van der Waals surface area contributed by atoms with Gasteiger partial charge in [0.1, 0.15) is 0 Å². The fourth-order valence-corrected chi connectivity index (χ4v) is 2.27. The Morgan fingerprint density at radius 2 is 2.00 bits per heavy atom. The fourth-order valence-electron chi connectivity index (χ4n) is 2.27. The highest BCUT2D eigenvalue weighted by atomic mass is 16.5. The molecule has 0 spiro atoms. The Bertz CT molecular complexity index is 183. The predicted octanol–water partition coefficient (Wildman–Crippen LogP) is 2.51. The van der Waals surface area contributed by atoms with Crippen molar-refractivity contribution in [3.63, 3.8) is 0 Å². The number of nitrogens with one attached hydrogen (secondary N) is 1. The number of ether oxygens (including phenoxy) is 1. The second kappa shape index (κ2) is 10.8. The van der Waals surface area contributed by atoms with E-state index in [1.807, 2.05) is 0 Å². The molecule has 0 aromatic heterocycles. The van der Waals surface area contributed by atoms with Gasteiger partial charge in [-0.15, -0.1) is 0 Å². The Labute approximate surface area is 113 Å². The van der Waals surface area contributed by atoms with Crippen molar-refractivity contribution in [2.45, 2.75) is 46.0 Å². The molecule has 0 bridgehead atoms. The first-order valence-corrected chi connectivity index (χ1v) is 7.87. The molecule has 0 radical (unpaired) electrons. The first-order chi connectivity index (χ1) is 8.86. The van der Waals surface area contributed by atoms with E-state index in [-0.39, 0.29) is 0 Å². The third kappa shape index (κ3) is 7.34. The predicted molar refractivity (Wildman–Crippen MR) is 78.1 cm³/mol. The van der Waals surface area contributed by atoms with Gasteiger partial charge in [0.15, 0.2) is 0 Å². The molecule has 1 rings (SSSR count). The van der Waals surface area contributed by atoms with Crippen molar-refractivity contribution < 1.29 is 4.74 Å². The smallest absolute Gasteiger partial charge is 0.0590 e. The first-order valence-electron chi connectivity index (χ1n) is 7.87. The molecule has 0 aliphatic heterocycles. The van der Waals surface area contributed by atoms with Crippen molar-refractivity contribution >= 4 is 0 Å². The van der Waals surface area contributed by atoms with Gasteiger partial charge in [-0.2, -0.15) is 0 Å². The maximum Gasteiger partial charge on any atom is 0.0590 e. The summed E-state index contributed by atoms with van der Waals surface area (Å²) in [5.41, 5.74) is 0. The Hall–Kier alpha value is -0.120. The molecule has 108 valence electrons. The van der Waals surface area contributed by atoms with Crippen molar-refractivity contribution in [3.8, 4) is 0 Å². The molecule has 1 saturated carbocycles. The lowest BCUT2D eigenvalue weighted by Gasteiger charge is -2.31. The summed E-state index contributed by atoms with van der Waals surface area (Å²) < 4.78 is 5.52. The molecule has 0 unspecified atom stereocenters. The number of rotatable bonds is 12. The van der Waals surface area contributed by atoms with Gasteiger partial charge in [0.05, 0.1) is 6.61 Å². The van der Waals surface area contributed by atoms with Crippen LogP contribution in [-0.2, 0) is 4.74 Å². The Morgan fingerprint density at radius 1 is 1.17 bits per heavy atom. The van der Waals surface area contributed by atoms with Gasteiger partial charge in [0.2, 0.25) is 0 Å². The van der Waals surface area contributed by atoms with Crippen LogP contribution in [0.5, 0.6) is 0 Å². The maximum absolute atomic E-state index is 5.52. The van der Waals surface area contributed by atoms with Crippen molar-refractivity contribution in [2.75, 3.05) is 45.9 Å². The van der Waals surface area contributed by atoms with Crippen molar-refractivity contribution in [3.05, 3.63) is 0 Å². The largest absolute Gasteiger partial charge is 0.380 e. The van der Waals surface area contributed by atoms with Gasteiger partial charge < -0.3 is 15.0 Å². The molecule has 1 aliphatic carbocycles. The molecular weight excluding hydrogens is 224 g/mol. The Balaban J connectivity index is 1.85. The number of hydrogen-bond acceptors (Lipinski definition) is 3. The molecule has 18 heavy (non-hydrogen) atoms. The van der Waals surface area contributed by atoms with Gasteiger partial charge >= 0.3 is 0 Å². The van der Waals surface area contributed by atoms with E-state index in [0.717, 1.165) is 32.2 Å². The normalized spacial score (nSPS) is 16.2. The van der Waals surface area contributed by atoms with E-state index >= 15 is 0 Å². The number of likely N-dealkylation sites (N-methyl/N-ethyl adjacent to an activating group) is 1. The third-order valence-corrected chi connectivity index (χ3v) is 3.86. The van der Waals surface area contributed by atoms with Crippen LogP contribution in [0.25, 0.3) is 0 Å². The SMILES string of the molecule is CCCCOCCNCCN(CC)CC1CCC1. The number of unbranched alkanes of at least 4 members (excludes halogenated alkanes) is 1. The van der Waals surface area contributed by atoms with Crippen LogP contribution in [0, 0.1) is 5.92 Å². The van der Waals surface area contributed by atoms with Crippen LogP contribution >= 0.6 is 0 Å². The Morgan fingerprint density at radius 3 is 2.61 bits per heavy atom. The zero-order valence-electron chi connectivity index (χ0n) is 12.4. The highest BCUT2D eigenvalue weighted by molar-refractivity contribution is 4.73.